The van der Waals surface area contributed by atoms with Crippen LogP contribution in [0.2, 0.25) is 0 Å². The highest BCUT2D eigenvalue weighted by molar-refractivity contribution is 6.09. The number of nitrogens with one attached hydrogen (secondary N) is 2. The van der Waals surface area contributed by atoms with Crippen LogP contribution >= 0.6 is 0 Å². The molecule has 1 aromatic rings. The molecule has 314 valence electrons. The van der Waals surface area contributed by atoms with E-state index in [0.717, 1.165) is 5.57 Å². The van der Waals surface area contributed by atoms with E-state index in [2.05, 4.69) is 10.3 Å². The number of aromatic hydroxyl groups is 1. The molecule has 1 aromatic heterocycles. The van der Waals surface area contributed by atoms with Crippen LogP contribution in [-0.4, -0.2) is 116 Å². The predicted molar refractivity (Wildman–Crippen MR) is 215 cm³/mol. The Morgan fingerprint density at radius 3 is 2.32 bits per heavy atom. The second kappa shape index (κ2) is 21.0. The van der Waals surface area contributed by atoms with Crippen molar-refractivity contribution in [1.82, 2.24) is 10.3 Å². The van der Waals surface area contributed by atoms with Crippen LogP contribution in [0, 0.1) is 17.3 Å². The summed E-state index contributed by atoms with van der Waals surface area (Å²) in [4.78, 5) is 40.2. The van der Waals surface area contributed by atoms with E-state index in [1.807, 2.05) is 26.8 Å². The number of aromatic nitrogens is 1. The molecule has 0 saturated carbocycles. The van der Waals surface area contributed by atoms with Crippen LogP contribution in [0.4, 0.5) is 0 Å². The highest BCUT2D eigenvalue weighted by Gasteiger charge is 2.60. The summed E-state index contributed by atoms with van der Waals surface area (Å²) in [5.74, 6) is -5.55. The van der Waals surface area contributed by atoms with Gasteiger partial charge in [0.25, 0.3) is 5.56 Å². The Hall–Kier alpha value is -4.25. The number of pyridine rings is 1. The van der Waals surface area contributed by atoms with Crippen LogP contribution in [0.5, 0.6) is 5.75 Å². The molecule has 0 aromatic carbocycles. The number of allylic oxidation sites excluding steroid dienone is 10. The standard InChI is InChI=1S/C43H60N2O12/c1-9-11-13-21-31-42(6,7)38(50)39(51)43(54,57-31)28(10-2)40(52)44-23-17-16-19-26(4)36(55-8)27(5)37-35(49)34(48)30(56-37)20-15-12-14-18-25(3)33(47)32-29(46)22-24-45-41(32)53/h9,11-22,24,27-28,30-31,34-39,48-51,54H,10,23H2,1-8H3,(H,44,52)(H2,45,46,53)/b11-9+,14-12+,17-16+,20-15+,21-13+,25-18+,26-19+/t27-,28+,30+,31-,34-,35-,36-,37-,38+,39+,43+/m0/s1. The Bertz CT molecular complexity index is 1810. The number of rotatable bonds is 17. The molecular weight excluding hydrogens is 736 g/mol. The molecule has 14 nitrogen and oxygen atoms in total. The summed E-state index contributed by atoms with van der Waals surface area (Å²) in [6.07, 6.45) is 12.8. The first-order chi connectivity index (χ1) is 26.9. The van der Waals surface area contributed by atoms with Crippen molar-refractivity contribution in [2.45, 2.75) is 110 Å². The fourth-order valence-electron chi connectivity index (χ4n) is 7.12. The van der Waals surface area contributed by atoms with E-state index in [1.54, 1.807) is 81.5 Å². The summed E-state index contributed by atoms with van der Waals surface area (Å²) >= 11 is 0. The average Bonchev–Trinajstić information content (AvgIpc) is 3.45. The van der Waals surface area contributed by atoms with Gasteiger partial charge in [0.05, 0.1) is 30.3 Å². The Balaban J connectivity index is 1.60. The van der Waals surface area contributed by atoms with Crippen molar-refractivity contribution in [3.63, 3.8) is 0 Å². The van der Waals surface area contributed by atoms with E-state index in [4.69, 9.17) is 14.2 Å². The Morgan fingerprint density at radius 1 is 1.00 bits per heavy atom. The Morgan fingerprint density at radius 2 is 1.68 bits per heavy atom. The molecule has 0 bridgehead atoms. The fourth-order valence-corrected chi connectivity index (χ4v) is 7.12. The fraction of sp³-hybridized carbons (Fsp3) is 0.512. The van der Waals surface area contributed by atoms with Gasteiger partial charge >= 0.3 is 0 Å². The molecular formula is C43H60N2O12. The van der Waals surface area contributed by atoms with Crippen LogP contribution in [0.25, 0.3) is 0 Å². The number of carbonyl (C=O) groups excluding carboxylic acids is 2. The molecule has 2 saturated heterocycles. The molecule has 14 heteroatoms. The summed E-state index contributed by atoms with van der Waals surface area (Å²) in [6, 6.07) is 1.22. The first-order valence-corrected chi connectivity index (χ1v) is 19.1. The van der Waals surface area contributed by atoms with Crippen LogP contribution in [0.3, 0.4) is 0 Å². The monoisotopic (exact) mass is 796 g/mol. The van der Waals surface area contributed by atoms with Crippen LogP contribution in [0.1, 0.15) is 65.2 Å². The lowest BCUT2D eigenvalue weighted by Gasteiger charge is -2.53. The summed E-state index contributed by atoms with van der Waals surface area (Å²) in [6.45, 7) is 12.2. The molecule has 0 spiro atoms. The lowest BCUT2D eigenvalue weighted by atomic mass is 9.71. The summed E-state index contributed by atoms with van der Waals surface area (Å²) in [5, 5.41) is 67.8. The van der Waals surface area contributed by atoms with E-state index in [9.17, 15) is 45.0 Å². The van der Waals surface area contributed by atoms with Gasteiger partial charge in [0.2, 0.25) is 11.7 Å². The zero-order valence-electron chi connectivity index (χ0n) is 33.9. The molecule has 11 atom stereocenters. The molecule has 2 fully saturated rings. The molecule has 3 heterocycles. The van der Waals surface area contributed by atoms with E-state index >= 15 is 0 Å². The molecule has 2 aliphatic rings. The number of hydrogen-bond acceptors (Lipinski definition) is 12. The predicted octanol–water partition coefficient (Wildman–Crippen LogP) is 3.07. The average molecular weight is 797 g/mol. The minimum absolute atomic E-state index is 0.0817. The highest BCUT2D eigenvalue weighted by Crippen LogP contribution is 2.44. The van der Waals surface area contributed by atoms with Crippen molar-refractivity contribution in [2.75, 3.05) is 13.7 Å². The van der Waals surface area contributed by atoms with Gasteiger partial charge in [-0.1, -0.05) is 101 Å². The Labute approximate surface area is 334 Å². The van der Waals surface area contributed by atoms with E-state index < -0.39 is 94.9 Å². The van der Waals surface area contributed by atoms with Crippen LogP contribution in [-0.2, 0) is 19.0 Å². The van der Waals surface area contributed by atoms with Gasteiger partial charge in [0.15, 0.2) is 5.78 Å². The minimum Gasteiger partial charge on any atom is -0.507 e. The van der Waals surface area contributed by atoms with Gasteiger partial charge in [-0.3, -0.25) is 14.4 Å². The summed E-state index contributed by atoms with van der Waals surface area (Å²) in [7, 11) is 1.52. The van der Waals surface area contributed by atoms with Crippen molar-refractivity contribution >= 4 is 11.7 Å². The van der Waals surface area contributed by atoms with E-state index in [0.29, 0.717) is 0 Å². The van der Waals surface area contributed by atoms with Gasteiger partial charge < -0.3 is 55.2 Å². The number of amides is 1. The highest BCUT2D eigenvalue weighted by atomic mass is 16.7. The van der Waals surface area contributed by atoms with Crippen molar-refractivity contribution in [1.29, 1.82) is 0 Å². The number of ketones is 1. The number of Topliss-reactive ketones (excluding diaryl/α,β-unsaturated/α-hetero) is 1. The molecule has 0 unspecified atom stereocenters. The maximum Gasteiger partial charge on any atom is 0.262 e. The number of H-pyrrole nitrogens is 1. The molecule has 0 aliphatic carbocycles. The molecule has 8 N–H and O–H groups in total. The third-order valence-electron chi connectivity index (χ3n) is 10.7. The van der Waals surface area contributed by atoms with Crippen molar-refractivity contribution in [3.8, 4) is 5.75 Å². The quantitative estimate of drug-likeness (QED) is 0.0647. The lowest BCUT2D eigenvalue weighted by Crippen LogP contribution is -2.69. The number of hydrogen-bond donors (Lipinski definition) is 8. The second-order valence-electron chi connectivity index (χ2n) is 15.0. The zero-order valence-corrected chi connectivity index (χ0v) is 33.9. The molecule has 2 aliphatic heterocycles. The molecule has 0 radical (unpaired) electrons. The van der Waals surface area contributed by atoms with Gasteiger partial charge in [-0.05, 0) is 44.4 Å². The van der Waals surface area contributed by atoms with Crippen molar-refractivity contribution in [3.05, 3.63) is 112 Å². The molecule has 3 rings (SSSR count). The maximum atomic E-state index is 13.3. The summed E-state index contributed by atoms with van der Waals surface area (Å²) < 4.78 is 17.8. The van der Waals surface area contributed by atoms with Gasteiger partial charge in [0.1, 0.15) is 35.7 Å². The third-order valence-corrected chi connectivity index (χ3v) is 10.7. The van der Waals surface area contributed by atoms with Gasteiger partial charge in [-0.2, -0.15) is 0 Å². The topological polar surface area (TPSA) is 228 Å². The van der Waals surface area contributed by atoms with Crippen LogP contribution < -0.4 is 10.9 Å². The largest absolute Gasteiger partial charge is 0.507 e. The first kappa shape index (κ1) is 47.1. The molecule has 57 heavy (non-hydrogen) atoms. The van der Waals surface area contributed by atoms with Gasteiger partial charge in [-0.15, -0.1) is 0 Å². The normalized spacial score (nSPS) is 30.2. The third kappa shape index (κ3) is 11.0. The number of aliphatic hydroxyl groups is 5. The lowest BCUT2D eigenvalue weighted by molar-refractivity contribution is -0.359. The minimum atomic E-state index is -2.34. The number of carbonyl (C=O) groups is 2. The van der Waals surface area contributed by atoms with E-state index in [-0.39, 0.29) is 24.1 Å². The van der Waals surface area contributed by atoms with Gasteiger partial charge in [0, 0.05) is 31.2 Å². The smallest absolute Gasteiger partial charge is 0.262 e. The number of aliphatic hydroxyl groups excluding tert-OH is 4. The van der Waals surface area contributed by atoms with Crippen molar-refractivity contribution in [2.24, 2.45) is 17.3 Å². The Kier molecular flexibility index (Phi) is 17.3. The number of methoxy groups -OCH3 is 1. The van der Waals surface area contributed by atoms with Gasteiger partial charge in [-0.25, -0.2) is 0 Å². The van der Waals surface area contributed by atoms with E-state index in [1.165, 1.54) is 32.4 Å². The second-order valence-corrected chi connectivity index (χ2v) is 15.0. The summed E-state index contributed by atoms with van der Waals surface area (Å²) in [5.41, 5.74) is -1.02. The number of aromatic amines is 1. The SMILES string of the molecule is C/C=C/C=C/[C@@H]1O[C@](O)([C@H](CC)C(=O)NC/C=C/C=C(\C)[C@H](OC)[C@H](C)[C@@H]2O[C@H](/C=C/C=C/C=C(\C)C(=O)c3c(O)cc[nH]c3=O)[C@H](O)[C@@H]2O)[C@H](O)[C@@H](O)C1(C)C. The number of ether oxygens (including phenoxy) is 3. The zero-order chi connectivity index (χ0) is 42.7. The molecule has 1 amide bonds. The van der Waals surface area contributed by atoms with Crippen molar-refractivity contribution < 1.29 is 54.4 Å². The maximum absolute atomic E-state index is 13.3. The first-order valence-electron chi connectivity index (χ1n) is 19.1. The van der Waals surface area contributed by atoms with Crippen LogP contribution in [0.15, 0.2) is 101 Å².